The first-order valence-electron chi connectivity index (χ1n) is 10.4. The molecule has 0 bridgehead atoms. The van der Waals surface area contributed by atoms with Crippen molar-refractivity contribution in [2.45, 2.75) is 19.0 Å². The number of hydrogen-bond acceptors (Lipinski definition) is 4. The van der Waals surface area contributed by atoms with Crippen molar-refractivity contribution in [1.29, 1.82) is 0 Å². The number of hydrazine groups is 1. The summed E-state index contributed by atoms with van der Waals surface area (Å²) < 4.78 is 56.5. The monoisotopic (exact) mass is 570 g/mol. The first-order valence-corrected chi connectivity index (χ1v) is 11.5. The number of benzene rings is 2. The van der Waals surface area contributed by atoms with Crippen molar-refractivity contribution < 1.29 is 22.4 Å². The number of rotatable bonds is 7. The maximum Gasteiger partial charge on any atom is 0.399 e. The molecular weight excluding hydrogens is 555 g/mol. The third-order valence-electron chi connectivity index (χ3n) is 5.06. The molecule has 0 saturated carbocycles. The van der Waals surface area contributed by atoms with Crippen LogP contribution in [0.15, 0.2) is 54.9 Å². The lowest BCUT2D eigenvalue weighted by Gasteiger charge is -2.21. The van der Waals surface area contributed by atoms with Crippen LogP contribution in [-0.2, 0) is 0 Å². The molecule has 1 aromatic heterocycles. The predicted molar refractivity (Wildman–Crippen MR) is 136 cm³/mol. The normalized spacial score (nSPS) is 12.6. The Balaban J connectivity index is 1.90. The Kier molecular flexibility index (Phi) is 9.02. The standard InChI is InChI=1S/C25H17Cl3F4N4O/c1-3-9-36(24-33-7-4-8-34-24)35-23(37)17-6-5-15(10-14(17)2)21(29)13-18(25(30,31)32)16-11-19(26)22(28)20(27)12-16/h1,4-8,10-13,18H,9H2,2H3,(H,35,37). The number of amides is 1. The molecule has 0 radical (unpaired) electrons. The van der Waals surface area contributed by atoms with Crippen LogP contribution < -0.4 is 10.4 Å². The van der Waals surface area contributed by atoms with Crippen LogP contribution in [0.4, 0.5) is 23.5 Å². The van der Waals surface area contributed by atoms with Gasteiger partial charge in [0.2, 0.25) is 5.95 Å². The maximum atomic E-state index is 15.0. The van der Waals surface area contributed by atoms with Crippen LogP contribution in [-0.4, -0.2) is 28.6 Å². The maximum absolute atomic E-state index is 15.0. The van der Waals surface area contributed by atoms with Gasteiger partial charge < -0.3 is 0 Å². The van der Waals surface area contributed by atoms with Gasteiger partial charge in [-0.3, -0.25) is 10.2 Å². The second-order valence-corrected chi connectivity index (χ2v) is 8.83. The van der Waals surface area contributed by atoms with Crippen LogP contribution in [0.25, 0.3) is 5.83 Å². The highest BCUT2D eigenvalue weighted by Crippen LogP contribution is 2.42. The Morgan fingerprint density at radius 1 is 1.16 bits per heavy atom. The molecule has 37 heavy (non-hydrogen) atoms. The second kappa shape index (κ2) is 11.8. The van der Waals surface area contributed by atoms with E-state index in [4.69, 9.17) is 41.2 Å². The highest BCUT2D eigenvalue weighted by atomic mass is 35.5. The van der Waals surface area contributed by atoms with Crippen LogP contribution in [0.5, 0.6) is 0 Å². The van der Waals surface area contributed by atoms with E-state index in [2.05, 4.69) is 21.3 Å². The zero-order chi connectivity index (χ0) is 27.3. The SMILES string of the molecule is C#CCN(NC(=O)c1ccc(C(F)=CC(c2cc(Cl)c(Cl)c(Cl)c2)C(F)(F)F)cc1C)c1ncccn1. The van der Waals surface area contributed by atoms with E-state index < -0.39 is 23.8 Å². The molecule has 5 nitrogen and oxygen atoms in total. The number of aryl methyl sites for hydroxylation is 1. The Morgan fingerprint density at radius 2 is 1.78 bits per heavy atom. The average molecular weight is 572 g/mol. The van der Waals surface area contributed by atoms with Crippen molar-refractivity contribution in [3.05, 3.63) is 92.2 Å². The minimum absolute atomic E-state index is 0.0399. The Hall–Kier alpha value is -3.32. The molecule has 1 amide bonds. The molecule has 192 valence electrons. The van der Waals surface area contributed by atoms with E-state index in [1.807, 2.05) is 0 Å². The van der Waals surface area contributed by atoms with E-state index in [0.29, 0.717) is 11.6 Å². The molecule has 0 aliphatic rings. The molecule has 1 atom stereocenters. The summed E-state index contributed by atoms with van der Waals surface area (Å²) in [5.74, 6) is -1.59. The van der Waals surface area contributed by atoms with Crippen molar-refractivity contribution in [3.63, 3.8) is 0 Å². The smallest absolute Gasteiger partial charge is 0.267 e. The lowest BCUT2D eigenvalue weighted by Crippen LogP contribution is -2.43. The average Bonchev–Trinajstić information content (AvgIpc) is 2.84. The third kappa shape index (κ3) is 6.92. The molecule has 2 aromatic carbocycles. The topological polar surface area (TPSA) is 58.1 Å². The highest BCUT2D eigenvalue weighted by molar-refractivity contribution is 6.48. The number of carbonyl (C=O) groups excluding carboxylic acids is 1. The quantitative estimate of drug-likeness (QED) is 0.141. The lowest BCUT2D eigenvalue weighted by atomic mass is 9.95. The van der Waals surface area contributed by atoms with Gasteiger partial charge in [0.05, 0.1) is 15.1 Å². The van der Waals surface area contributed by atoms with Crippen molar-refractivity contribution in [2.75, 3.05) is 11.6 Å². The van der Waals surface area contributed by atoms with Crippen molar-refractivity contribution >= 4 is 52.5 Å². The molecule has 0 spiro atoms. The van der Waals surface area contributed by atoms with E-state index >= 15 is 4.39 Å². The summed E-state index contributed by atoms with van der Waals surface area (Å²) in [5.41, 5.74) is 2.45. The molecule has 0 aliphatic heterocycles. The van der Waals surface area contributed by atoms with Gasteiger partial charge in [0.15, 0.2) is 0 Å². The van der Waals surface area contributed by atoms with Crippen LogP contribution >= 0.6 is 34.8 Å². The second-order valence-electron chi connectivity index (χ2n) is 7.64. The first-order chi connectivity index (χ1) is 17.4. The molecule has 1 N–H and O–H groups in total. The van der Waals surface area contributed by atoms with Gasteiger partial charge in [-0.2, -0.15) is 13.2 Å². The molecule has 0 fully saturated rings. The number of anilines is 1. The minimum atomic E-state index is -4.85. The van der Waals surface area contributed by atoms with Gasteiger partial charge in [-0.15, -0.1) is 6.42 Å². The van der Waals surface area contributed by atoms with Gasteiger partial charge in [-0.25, -0.2) is 19.4 Å². The number of nitrogens with zero attached hydrogens (tertiary/aromatic N) is 3. The van der Waals surface area contributed by atoms with E-state index in [-0.39, 0.29) is 44.3 Å². The molecular formula is C25H17Cl3F4N4O. The van der Waals surface area contributed by atoms with Gasteiger partial charge in [0, 0.05) is 23.5 Å². The minimum Gasteiger partial charge on any atom is -0.267 e. The summed E-state index contributed by atoms with van der Waals surface area (Å²) in [5, 5.41) is 0.741. The van der Waals surface area contributed by atoms with Crippen LogP contribution in [0.3, 0.4) is 0 Å². The summed E-state index contributed by atoms with van der Waals surface area (Å²) in [7, 11) is 0. The predicted octanol–water partition coefficient (Wildman–Crippen LogP) is 7.19. The molecule has 3 rings (SSSR count). The van der Waals surface area contributed by atoms with Crippen molar-refractivity contribution in [3.8, 4) is 12.3 Å². The Labute approximate surface area is 225 Å². The van der Waals surface area contributed by atoms with Gasteiger partial charge in [-0.05, 0) is 54.5 Å². The number of nitrogens with one attached hydrogen (secondary N) is 1. The van der Waals surface area contributed by atoms with Crippen LogP contribution in [0, 0.1) is 19.3 Å². The summed E-state index contributed by atoms with van der Waals surface area (Å²) in [4.78, 5) is 20.9. The van der Waals surface area contributed by atoms with Crippen LogP contribution in [0.2, 0.25) is 15.1 Å². The molecule has 0 saturated heterocycles. The summed E-state index contributed by atoms with van der Waals surface area (Å²) in [6, 6.07) is 7.27. The number of aromatic nitrogens is 2. The number of terminal acetylenes is 1. The largest absolute Gasteiger partial charge is 0.399 e. The van der Waals surface area contributed by atoms with Crippen molar-refractivity contribution in [2.24, 2.45) is 0 Å². The third-order valence-corrected chi connectivity index (χ3v) is 6.25. The Bertz CT molecular complexity index is 1350. The van der Waals surface area contributed by atoms with Gasteiger partial charge in [0.25, 0.3) is 5.91 Å². The Morgan fingerprint density at radius 3 is 2.32 bits per heavy atom. The lowest BCUT2D eigenvalue weighted by molar-refractivity contribution is -0.139. The van der Waals surface area contributed by atoms with Crippen molar-refractivity contribution in [1.82, 2.24) is 15.4 Å². The van der Waals surface area contributed by atoms with Gasteiger partial charge in [-0.1, -0.05) is 46.8 Å². The van der Waals surface area contributed by atoms with E-state index in [9.17, 15) is 18.0 Å². The molecule has 3 aromatic rings. The number of allylic oxidation sites excluding steroid dienone is 1. The van der Waals surface area contributed by atoms with Crippen LogP contribution in [0.1, 0.15) is 33.0 Å². The summed E-state index contributed by atoms with van der Waals surface area (Å²) >= 11 is 17.6. The molecule has 0 aliphatic carbocycles. The van der Waals surface area contributed by atoms with Gasteiger partial charge >= 0.3 is 6.18 Å². The van der Waals surface area contributed by atoms with E-state index in [1.165, 1.54) is 42.5 Å². The molecule has 12 heteroatoms. The zero-order valence-corrected chi connectivity index (χ0v) is 21.2. The number of halogens is 7. The number of alkyl halides is 3. The fourth-order valence-electron chi connectivity index (χ4n) is 3.31. The number of hydrogen-bond donors (Lipinski definition) is 1. The fraction of sp³-hybridized carbons (Fsp3) is 0.160. The van der Waals surface area contributed by atoms with Gasteiger partial charge in [0.1, 0.15) is 18.3 Å². The zero-order valence-electron chi connectivity index (χ0n) is 19.0. The molecule has 1 unspecified atom stereocenters. The van der Waals surface area contributed by atoms with E-state index in [1.54, 1.807) is 6.07 Å². The highest BCUT2D eigenvalue weighted by Gasteiger charge is 2.40. The fourth-order valence-corrected chi connectivity index (χ4v) is 3.92. The number of carbonyl (C=O) groups is 1. The summed E-state index contributed by atoms with van der Waals surface area (Å²) in [6.45, 7) is 1.47. The molecule has 1 heterocycles. The van der Waals surface area contributed by atoms with E-state index in [0.717, 1.165) is 12.1 Å². The first kappa shape index (κ1) is 28.3. The summed E-state index contributed by atoms with van der Waals surface area (Å²) in [6.07, 6.45) is 3.84.